The molecule has 6 rings (SSSR count). The summed E-state index contributed by atoms with van der Waals surface area (Å²) in [6, 6.07) is 15.8. The highest BCUT2D eigenvalue weighted by Gasteiger charge is 2.68. The zero-order valence-electron chi connectivity index (χ0n) is 22.7. The van der Waals surface area contributed by atoms with E-state index >= 15 is 0 Å². The van der Waals surface area contributed by atoms with Gasteiger partial charge in [-0.3, -0.25) is 0 Å². The lowest BCUT2D eigenvalue weighted by Gasteiger charge is -2.23. The van der Waals surface area contributed by atoms with Crippen molar-refractivity contribution in [2.45, 2.75) is 63.6 Å². The number of anilines is 1. The highest BCUT2D eigenvalue weighted by molar-refractivity contribution is 6.06. The van der Waals surface area contributed by atoms with Crippen LogP contribution in [0.1, 0.15) is 50.3 Å². The molecule has 6 N–H and O–H groups in total. The number of nitrogens with two attached hydrogens (primary N) is 1. The van der Waals surface area contributed by atoms with Gasteiger partial charge < -0.3 is 26.6 Å². The molecule has 3 unspecified atom stereocenters. The number of aryl methyl sites for hydroxylation is 1. The number of aromatic nitrogens is 2. The van der Waals surface area contributed by atoms with Crippen molar-refractivity contribution in [3.8, 4) is 16.9 Å². The molecule has 8 nitrogen and oxygen atoms in total. The molecule has 3 heterocycles. The molecule has 2 fully saturated rings. The largest absolute Gasteiger partial charge is 0.508 e. The fourth-order valence-electron chi connectivity index (χ4n) is 6.20. The molecule has 0 amide bonds. The van der Waals surface area contributed by atoms with Crippen LogP contribution in [0.3, 0.4) is 0 Å². The third-order valence-corrected chi connectivity index (χ3v) is 8.83. The third-order valence-electron chi connectivity index (χ3n) is 8.83. The van der Waals surface area contributed by atoms with Crippen LogP contribution in [0, 0.1) is 0 Å². The van der Waals surface area contributed by atoms with E-state index in [2.05, 4.69) is 42.7 Å². The Labute approximate surface area is 228 Å². The van der Waals surface area contributed by atoms with E-state index < -0.39 is 0 Å². The maximum Gasteiger partial charge on any atom is 0.135 e. The molecule has 202 valence electrons. The quantitative estimate of drug-likeness (QED) is 0.131. The molecule has 1 saturated carbocycles. The molecule has 0 spiro atoms. The number of amidine groups is 1. The van der Waals surface area contributed by atoms with Gasteiger partial charge in [0.1, 0.15) is 11.6 Å². The molecule has 2 aromatic carbocycles. The minimum atomic E-state index is 0.0107. The van der Waals surface area contributed by atoms with Crippen molar-refractivity contribution >= 4 is 22.7 Å². The Kier molecular flexibility index (Phi) is 6.12. The van der Waals surface area contributed by atoms with E-state index in [0.29, 0.717) is 12.3 Å². The van der Waals surface area contributed by atoms with Crippen LogP contribution in [0.4, 0.5) is 11.4 Å². The SMILES string of the molecule is CCc1cc(O)ccc1/N=C(\N)c1cnn2cc(-c3cccc(CCO)c3)cc2c1NC1CCC2(C)NC12C. The predicted octanol–water partition coefficient (Wildman–Crippen LogP) is 4.54. The number of aliphatic hydroxyl groups excluding tert-OH is 1. The second-order valence-corrected chi connectivity index (χ2v) is 11.2. The zero-order valence-corrected chi connectivity index (χ0v) is 22.7. The average molecular weight is 525 g/mol. The maximum absolute atomic E-state index is 9.94. The second kappa shape index (κ2) is 9.39. The minimum absolute atomic E-state index is 0.0107. The van der Waals surface area contributed by atoms with Crippen LogP contribution in [0.25, 0.3) is 16.6 Å². The normalized spacial score (nSPS) is 24.2. The first-order chi connectivity index (χ1) is 18.7. The van der Waals surface area contributed by atoms with Gasteiger partial charge in [0.05, 0.1) is 34.2 Å². The van der Waals surface area contributed by atoms with Crippen molar-refractivity contribution in [3.05, 3.63) is 77.6 Å². The predicted molar refractivity (Wildman–Crippen MR) is 156 cm³/mol. The first-order valence-corrected chi connectivity index (χ1v) is 13.7. The number of aliphatic imine (C=N–C) groups is 1. The zero-order chi connectivity index (χ0) is 27.4. The first kappa shape index (κ1) is 25.4. The minimum Gasteiger partial charge on any atom is -0.508 e. The van der Waals surface area contributed by atoms with Gasteiger partial charge in [0.2, 0.25) is 0 Å². The van der Waals surface area contributed by atoms with Gasteiger partial charge in [-0.15, -0.1) is 0 Å². The van der Waals surface area contributed by atoms with E-state index in [4.69, 9.17) is 15.8 Å². The van der Waals surface area contributed by atoms with Gasteiger partial charge in [-0.1, -0.05) is 31.2 Å². The molecule has 0 bridgehead atoms. The number of nitrogens with zero attached hydrogens (tertiary/aromatic N) is 3. The van der Waals surface area contributed by atoms with Crippen molar-refractivity contribution in [1.82, 2.24) is 14.9 Å². The van der Waals surface area contributed by atoms with Gasteiger partial charge >= 0.3 is 0 Å². The summed E-state index contributed by atoms with van der Waals surface area (Å²) in [5, 5.41) is 31.6. The standard InChI is InChI=1S/C31H36N6O2/c1-4-20-15-23(39)8-9-25(20)34-29(32)24-17-33-37-18-22(21-7-5-6-19(14-21)11-13-38)16-26(37)28(24)35-27-10-12-30(2)31(27,3)36-30/h5-9,14-18,27,35-36,38-39H,4,10-13H2,1-3H3,(H2,32,34). The van der Waals surface area contributed by atoms with Crippen LogP contribution < -0.4 is 16.4 Å². The molecular formula is C31H36N6O2. The molecule has 1 saturated heterocycles. The van der Waals surface area contributed by atoms with Gasteiger partial charge in [0, 0.05) is 29.9 Å². The number of aromatic hydroxyl groups is 1. The Morgan fingerprint density at radius 3 is 2.77 bits per heavy atom. The molecule has 2 aliphatic rings. The van der Waals surface area contributed by atoms with Crippen molar-refractivity contribution in [3.63, 3.8) is 0 Å². The maximum atomic E-state index is 9.94. The molecule has 39 heavy (non-hydrogen) atoms. The van der Waals surface area contributed by atoms with Crippen molar-refractivity contribution < 1.29 is 10.2 Å². The van der Waals surface area contributed by atoms with Crippen LogP contribution in [0.5, 0.6) is 5.75 Å². The summed E-state index contributed by atoms with van der Waals surface area (Å²) in [5.74, 6) is 0.586. The molecule has 1 aliphatic heterocycles. The summed E-state index contributed by atoms with van der Waals surface area (Å²) in [6.45, 7) is 6.72. The number of hydrogen-bond acceptors (Lipinski definition) is 6. The lowest BCUT2D eigenvalue weighted by Crippen LogP contribution is -2.36. The monoisotopic (exact) mass is 524 g/mol. The summed E-state index contributed by atoms with van der Waals surface area (Å²) < 4.78 is 1.89. The smallest absolute Gasteiger partial charge is 0.135 e. The summed E-state index contributed by atoms with van der Waals surface area (Å²) in [5.41, 5.74) is 14.3. The number of nitrogens with one attached hydrogen (secondary N) is 2. The number of fused-ring (bicyclic) bond motifs is 2. The summed E-state index contributed by atoms with van der Waals surface area (Å²) in [6.07, 6.45) is 7.32. The summed E-state index contributed by atoms with van der Waals surface area (Å²) >= 11 is 0. The fraction of sp³-hybridized carbons (Fsp3) is 0.355. The highest BCUT2D eigenvalue weighted by atomic mass is 16.3. The van der Waals surface area contributed by atoms with Crippen molar-refractivity contribution in [2.75, 3.05) is 11.9 Å². The first-order valence-electron chi connectivity index (χ1n) is 13.7. The number of piperidine rings is 1. The topological polar surface area (TPSA) is 130 Å². The fourth-order valence-corrected chi connectivity index (χ4v) is 6.20. The number of benzene rings is 2. The Hall–Kier alpha value is -3.88. The third kappa shape index (κ3) is 4.33. The Morgan fingerprint density at radius 2 is 2.05 bits per heavy atom. The van der Waals surface area contributed by atoms with Gasteiger partial charge in [-0.25, -0.2) is 9.51 Å². The molecule has 1 aliphatic carbocycles. The van der Waals surface area contributed by atoms with E-state index in [1.54, 1.807) is 24.4 Å². The molecule has 3 atom stereocenters. The number of rotatable bonds is 8. The number of phenols is 1. The Balaban J connectivity index is 1.46. The summed E-state index contributed by atoms with van der Waals surface area (Å²) in [4.78, 5) is 4.80. The van der Waals surface area contributed by atoms with Crippen LogP contribution in [0.2, 0.25) is 0 Å². The van der Waals surface area contributed by atoms with Gasteiger partial charge in [0.25, 0.3) is 0 Å². The van der Waals surface area contributed by atoms with Crippen LogP contribution in [0.15, 0.2) is 65.9 Å². The van der Waals surface area contributed by atoms with E-state index in [1.807, 2.05) is 29.8 Å². The molecule has 8 heteroatoms. The van der Waals surface area contributed by atoms with Gasteiger partial charge in [0.15, 0.2) is 0 Å². The number of phenolic OH excluding ortho intramolecular Hbond substituents is 1. The van der Waals surface area contributed by atoms with E-state index in [0.717, 1.165) is 64.0 Å². The van der Waals surface area contributed by atoms with Gasteiger partial charge in [-0.05, 0) is 80.5 Å². The van der Waals surface area contributed by atoms with Crippen LogP contribution in [-0.2, 0) is 12.8 Å². The average Bonchev–Trinajstić information content (AvgIpc) is 3.18. The van der Waals surface area contributed by atoms with E-state index in [1.165, 1.54) is 0 Å². The molecule has 0 radical (unpaired) electrons. The Bertz CT molecular complexity index is 1590. The Morgan fingerprint density at radius 1 is 1.21 bits per heavy atom. The van der Waals surface area contributed by atoms with Crippen molar-refractivity contribution in [2.24, 2.45) is 10.7 Å². The lowest BCUT2D eigenvalue weighted by atomic mass is 9.97. The van der Waals surface area contributed by atoms with Crippen LogP contribution >= 0.6 is 0 Å². The van der Waals surface area contributed by atoms with E-state index in [9.17, 15) is 10.2 Å². The number of hydrogen-bond donors (Lipinski definition) is 5. The van der Waals surface area contributed by atoms with Gasteiger partial charge in [-0.2, -0.15) is 5.10 Å². The molecule has 4 aromatic rings. The lowest BCUT2D eigenvalue weighted by molar-refractivity contribution is 0.299. The second-order valence-electron chi connectivity index (χ2n) is 11.2. The molecule has 2 aromatic heterocycles. The molecular weight excluding hydrogens is 488 g/mol. The highest BCUT2D eigenvalue weighted by Crippen LogP contribution is 2.52. The number of aliphatic hydroxyl groups is 1. The van der Waals surface area contributed by atoms with E-state index in [-0.39, 0.29) is 29.5 Å². The van der Waals surface area contributed by atoms with Crippen molar-refractivity contribution in [1.29, 1.82) is 0 Å². The summed E-state index contributed by atoms with van der Waals surface area (Å²) in [7, 11) is 0. The van der Waals surface area contributed by atoms with Crippen LogP contribution in [-0.4, -0.2) is 49.4 Å².